The van der Waals surface area contributed by atoms with Crippen molar-refractivity contribution in [3.05, 3.63) is 0 Å². The van der Waals surface area contributed by atoms with E-state index in [-0.39, 0.29) is 11.9 Å². The van der Waals surface area contributed by atoms with E-state index in [0.717, 1.165) is 13.1 Å². The maximum atomic E-state index is 11.8. The Morgan fingerprint density at radius 2 is 1.71 bits per heavy atom. The highest BCUT2D eigenvalue weighted by Crippen LogP contribution is 1.95. The van der Waals surface area contributed by atoms with Gasteiger partial charge in [0.2, 0.25) is 5.91 Å². The van der Waals surface area contributed by atoms with Gasteiger partial charge in [0.15, 0.2) is 0 Å². The van der Waals surface area contributed by atoms with Gasteiger partial charge in [-0.1, -0.05) is 0 Å². The second-order valence-electron chi connectivity index (χ2n) is 3.86. The molecule has 1 amide bonds. The van der Waals surface area contributed by atoms with E-state index in [9.17, 15) is 9.59 Å². The van der Waals surface area contributed by atoms with E-state index < -0.39 is 0 Å². The number of esters is 1. The molecule has 0 aliphatic heterocycles. The van der Waals surface area contributed by atoms with Crippen LogP contribution in [0.15, 0.2) is 0 Å². The quantitative estimate of drug-likeness (QED) is 0.591. The van der Waals surface area contributed by atoms with Crippen LogP contribution in [0.1, 0.15) is 27.2 Å². The molecule has 0 aromatic rings. The lowest BCUT2D eigenvalue weighted by molar-refractivity contribution is -0.144. The van der Waals surface area contributed by atoms with Crippen molar-refractivity contribution < 1.29 is 14.3 Å². The Labute approximate surface area is 104 Å². The molecule has 0 unspecified atom stereocenters. The van der Waals surface area contributed by atoms with Gasteiger partial charge in [-0.05, 0) is 27.8 Å². The van der Waals surface area contributed by atoms with Crippen molar-refractivity contribution in [2.24, 2.45) is 0 Å². The lowest BCUT2D eigenvalue weighted by atomic mass is 10.3. The predicted molar refractivity (Wildman–Crippen MR) is 66.7 cm³/mol. The molecule has 0 aromatic heterocycles. The molecule has 0 atom stereocenters. The van der Waals surface area contributed by atoms with E-state index in [0.29, 0.717) is 26.1 Å². The number of carbonyl (C=O) groups excluding carboxylic acids is 2. The Balaban J connectivity index is 3.89. The normalized spacial score (nSPS) is 10.4. The highest BCUT2D eigenvalue weighted by molar-refractivity contribution is 5.78. The Kier molecular flexibility index (Phi) is 8.40. The van der Waals surface area contributed by atoms with Crippen LogP contribution in [0.2, 0.25) is 0 Å². The monoisotopic (exact) mass is 244 g/mol. The predicted octanol–water partition coefficient (Wildman–Crippen LogP) is 0.740. The molecule has 5 nitrogen and oxygen atoms in total. The van der Waals surface area contributed by atoms with Gasteiger partial charge in [0, 0.05) is 19.6 Å². The fourth-order valence-corrected chi connectivity index (χ4v) is 1.50. The molecule has 0 spiro atoms. The summed E-state index contributed by atoms with van der Waals surface area (Å²) >= 11 is 0. The van der Waals surface area contributed by atoms with Crippen molar-refractivity contribution in [3.63, 3.8) is 0 Å². The number of hydrogen-bond donors (Lipinski definition) is 0. The Hall–Kier alpha value is -1.10. The summed E-state index contributed by atoms with van der Waals surface area (Å²) in [5.41, 5.74) is 0. The largest absolute Gasteiger partial charge is 0.466 e. The van der Waals surface area contributed by atoms with Crippen LogP contribution in [0.4, 0.5) is 0 Å². The molecular formula is C12H24N2O3. The van der Waals surface area contributed by atoms with E-state index in [1.165, 1.54) is 0 Å². The lowest BCUT2D eigenvalue weighted by Crippen LogP contribution is -2.39. The molecule has 100 valence electrons. The van der Waals surface area contributed by atoms with Crippen LogP contribution >= 0.6 is 0 Å². The Morgan fingerprint density at radius 1 is 1.12 bits per heavy atom. The molecule has 0 aliphatic rings. The number of nitrogens with zero attached hydrogens (tertiary/aromatic N) is 2. The molecule has 0 saturated heterocycles. The third-order valence-corrected chi connectivity index (χ3v) is 2.52. The smallest absolute Gasteiger partial charge is 0.307 e. The first kappa shape index (κ1) is 15.9. The summed E-state index contributed by atoms with van der Waals surface area (Å²) in [4.78, 5) is 26.5. The minimum atomic E-state index is -0.213. The van der Waals surface area contributed by atoms with Gasteiger partial charge in [-0.2, -0.15) is 0 Å². The van der Waals surface area contributed by atoms with Gasteiger partial charge in [-0.25, -0.2) is 0 Å². The molecule has 0 heterocycles. The minimum absolute atomic E-state index is 0.0985. The summed E-state index contributed by atoms with van der Waals surface area (Å²) in [6.45, 7) is 8.45. The topological polar surface area (TPSA) is 49.9 Å². The summed E-state index contributed by atoms with van der Waals surface area (Å²) < 4.78 is 4.83. The summed E-state index contributed by atoms with van der Waals surface area (Å²) in [5, 5.41) is 0. The van der Waals surface area contributed by atoms with Crippen LogP contribution in [0, 0.1) is 0 Å². The number of carbonyl (C=O) groups is 2. The highest BCUT2D eigenvalue weighted by atomic mass is 16.5. The number of rotatable bonds is 8. The Morgan fingerprint density at radius 3 is 2.18 bits per heavy atom. The van der Waals surface area contributed by atoms with Gasteiger partial charge in [0.05, 0.1) is 19.6 Å². The number of ether oxygens (including phenoxy) is 1. The van der Waals surface area contributed by atoms with Crippen LogP contribution < -0.4 is 0 Å². The maximum Gasteiger partial charge on any atom is 0.307 e. The van der Waals surface area contributed by atoms with Gasteiger partial charge in [-0.3, -0.25) is 14.5 Å². The second kappa shape index (κ2) is 8.98. The van der Waals surface area contributed by atoms with E-state index in [1.807, 2.05) is 25.8 Å². The van der Waals surface area contributed by atoms with Crippen LogP contribution in [-0.4, -0.2) is 61.5 Å². The first-order valence-corrected chi connectivity index (χ1v) is 6.17. The van der Waals surface area contributed by atoms with Crippen molar-refractivity contribution in [1.82, 2.24) is 9.80 Å². The summed E-state index contributed by atoms with van der Waals surface area (Å²) in [6.07, 6.45) is 0.329. The molecule has 0 aromatic carbocycles. The molecule has 0 saturated carbocycles. The fourth-order valence-electron chi connectivity index (χ4n) is 1.50. The third-order valence-electron chi connectivity index (χ3n) is 2.52. The maximum absolute atomic E-state index is 11.8. The zero-order valence-electron chi connectivity index (χ0n) is 11.4. The van der Waals surface area contributed by atoms with Crippen LogP contribution in [-0.2, 0) is 14.3 Å². The zero-order valence-corrected chi connectivity index (χ0v) is 11.4. The zero-order chi connectivity index (χ0) is 13.3. The highest BCUT2D eigenvalue weighted by Gasteiger charge is 2.13. The third kappa shape index (κ3) is 6.94. The standard InChI is InChI=1S/C12H24N2O3/c1-5-14(6-2)11(15)10-13(4)9-8-12(16)17-7-3/h5-10H2,1-4H3. The van der Waals surface area contributed by atoms with Gasteiger partial charge >= 0.3 is 5.97 Å². The number of hydrogen-bond acceptors (Lipinski definition) is 4. The molecular weight excluding hydrogens is 220 g/mol. The minimum Gasteiger partial charge on any atom is -0.466 e. The number of likely N-dealkylation sites (N-methyl/N-ethyl adjacent to an activating group) is 2. The molecule has 0 bridgehead atoms. The molecule has 5 heteroatoms. The van der Waals surface area contributed by atoms with Crippen molar-refractivity contribution >= 4 is 11.9 Å². The summed E-state index contributed by atoms with van der Waals surface area (Å²) in [6, 6.07) is 0. The van der Waals surface area contributed by atoms with E-state index >= 15 is 0 Å². The van der Waals surface area contributed by atoms with E-state index in [1.54, 1.807) is 11.8 Å². The molecule has 0 radical (unpaired) electrons. The van der Waals surface area contributed by atoms with Crippen LogP contribution in [0.3, 0.4) is 0 Å². The van der Waals surface area contributed by atoms with Gasteiger partial charge in [0.1, 0.15) is 0 Å². The summed E-state index contributed by atoms with van der Waals surface area (Å²) in [5.74, 6) is -0.115. The SMILES string of the molecule is CCOC(=O)CCN(C)CC(=O)N(CC)CC. The van der Waals surface area contributed by atoms with E-state index in [2.05, 4.69) is 0 Å². The Bertz CT molecular complexity index is 240. The first-order chi connectivity index (χ1) is 8.04. The molecule has 17 heavy (non-hydrogen) atoms. The van der Waals surface area contributed by atoms with E-state index in [4.69, 9.17) is 4.74 Å². The lowest BCUT2D eigenvalue weighted by Gasteiger charge is -2.22. The van der Waals surface area contributed by atoms with Crippen molar-refractivity contribution in [2.45, 2.75) is 27.2 Å². The molecule has 0 fully saturated rings. The van der Waals surface area contributed by atoms with Crippen molar-refractivity contribution in [2.75, 3.05) is 39.8 Å². The molecule has 0 N–H and O–H groups in total. The number of amides is 1. The summed E-state index contributed by atoms with van der Waals surface area (Å²) in [7, 11) is 1.83. The van der Waals surface area contributed by atoms with Gasteiger partial charge < -0.3 is 9.64 Å². The van der Waals surface area contributed by atoms with Crippen molar-refractivity contribution in [1.29, 1.82) is 0 Å². The molecule has 0 rings (SSSR count). The average molecular weight is 244 g/mol. The second-order valence-corrected chi connectivity index (χ2v) is 3.86. The molecule has 0 aliphatic carbocycles. The average Bonchev–Trinajstić information content (AvgIpc) is 2.28. The van der Waals surface area contributed by atoms with Gasteiger partial charge in [-0.15, -0.1) is 0 Å². The van der Waals surface area contributed by atoms with Crippen LogP contribution in [0.5, 0.6) is 0 Å². The van der Waals surface area contributed by atoms with Crippen molar-refractivity contribution in [3.8, 4) is 0 Å². The van der Waals surface area contributed by atoms with Crippen LogP contribution in [0.25, 0.3) is 0 Å². The first-order valence-electron chi connectivity index (χ1n) is 6.17. The van der Waals surface area contributed by atoms with Gasteiger partial charge in [0.25, 0.3) is 0 Å². The fraction of sp³-hybridized carbons (Fsp3) is 0.833.